The zero-order valence-electron chi connectivity index (χ0n) is 11.4. The summed E-state index contributed by atoms with van der Waals surface area (Å²) in [7, 11) is -0.302. The molecular formula is C13H22BNO2. The molecule has 2 atom stereocenters. The predicted octanol–water partition coefficient (Wildman–Crippen LogP) is 2.29. The Bertz CT molecular complexity index is 360. The van der Waals surface area contributed by atoms with E-state index in [9.17, 15) is 0 Å². The summed E-state index contributed by atoms with van der Waals surface area (Å²) in [5.41, 5.74) is 5.55. The minimum Gasteiger partial charge on any atom is -0.403 e. The van der Waals surface area contributed by atoms with Crippen LogP contribution in [0.5, 0.6) is 0 Å². The van der Waals surface area contributed by atoms with Crippen LogP contribution >= 0.6 is 0 Å². The first-order valence-electron chi connectivity index (χ1n) is 6.16. The second-order valence-electron chi connectivity index (χ2n) is 6.22. The Hall–Kier alpha value is -0.575. The maximum absolute atomic E-state index is 6.17. The second-order valence-corrected chi connectivity index (χ2v) is 6.22. The Morgan fingerprint density at radius 1 is 1.00 bits per heavy atom. The molecule has 1 aliphatic heterocycles. The lowest BCUT2D eigenvalue weighted by Gasteiger charge is -2.34. The van der Waals surface area contributed by atoms with Crippen molar-refractivity contribution in [3.63, 3.8) is 0 Å². The molecule has 1 saturated heterocycles. The summed E-state index contributed by atoms with van der Waals surface area (Å²) in [5.74, 6) is 0. The topological polar surface area (TPSA) is 44.5 Å². The summed E-state index contributed by atoms with van der Waals surface area (Å²) >= 11 is 0. The highest BCUT2D eigenvalue weighted by atomic mass is 16.7. The van der Waals surface area contributed by atoms with Crippen molar-refractivity contribution >= 4 is 7.12 Å². The fourth-order valence-electron chi connectivity index (χ4n) is 2.10. The van der Waals surface area contributed by atoms with Crippen molar-refractivity contribution in [3.8, 4) is 0 Å². The van der Waals surface area contributed by atoms with Crippen LogP contribution in [0.25, 0.3) is 0 Å². The minimum absolute atomic E-state index is 0.0813. The molecule has 2 unspecified atom stereocenters. The van der Waals surface area contributed by atoms with E-state index >= 15 is 0 Å². The van der Waals surface area contributed by atoms with Gasteiger partial charge in [-0.05, 0) is 27.7 Å². The van der Waals surface area contributed by atoms with Gasteiger partial charge in [-0.2, -0.15) is 0 Å². The number of rotatable bonds is 1. The van der Waals surface area contributed by atoms with Gasteiger partial charge in [0.2, 0.25) is 0 Å². The van der Waals surface area contributed by atoms with Crippen LogP contribution in [0.4, 0.5) is 0 Å². The molecule has 0 radical (unpaired) electrons. The monoisotopic (exact) mass is 235 g/mol. The molecule has 94 valence electrons. The standard InChI is InChI=1S/C13H22BNO2/c1-11(2)12(3,4)17-14(16-11)13(5)9-7-6-8-10(13)15/h6-10H,15H2,1-5H3. The molecule has 1 heterocycles. The van der Waals surface area contributed by atoms with Gasteiger partial charge in [0.15, 0.2) is 0 Å². The van der Waals surface area contributed by atoms with Crippen LogP contribution in [0.2, 0.25) is 5.31 Å². The van der Waals surface area contributed by atoms with Gasteiger partial charge in [-0.15, -0.1) is 0 Å². The lowest BCUT2D eigenvalue weighted by molar-refractivity contribution is 0.00578. The van der Waals surface area contributed by atoms with Crippen molar-refractivity contribution in [1.29, 1.82) is 0 Å². The summed E-state index contributed by atoms with van der Waals surface area (Å²) in [6.45, 7) is 10.3. The van der Waals surface area contributed by atoms with Gasteiger partial charge in [-0.3, -0.25) is 0 Å². The molecule has 3 nitrogen and oxygen atoms in total. The van der Waals surface area contributed by atoms with Crippen molar-refractivity contribution in [3.05, 3.63) is 24.3 Å². The Morgan fingerprint density at radius 3 is 2.00 bits per heavy atom. The summed E-state index contributed by atoms with van der Waals surface area (Å²) in [6.07, 6.45) is 8.05. The Balaban J connectivity index is 2.27. The van der Waals surface area contributed by atoms with Gasteiger partial charge in [0.25, 0.3) is 0 Å². The lowest BCUT2D eigenvalue weighted by Crippen LogP contribution is -2.45. The van der Waals surface area contributed by atoms with Gasteiger partial charge in [0.05, 0.1) is 11.2 Å². The molecule has 0 bridgehead atoms. The van der Waals surface area contributed by atoms with Crippen LogP contribution < -0.4 is 5.73 Å². The minimum atomic E-state index is -0.310. The molecule has 0 amide bonds. The Kier molecular flexibility index (Phi) is 2.81. The average Bonchev–Trinajstić information content (AvgIpc) is 2.42. The zero-order valence-corrected chi connectivity index (χ0v) is 11.4. The Morgan fingerprint density at radius 2 is 1.53 bits per heavy atom. The first kappa shape index (κ1) is 12.9. The molecule has 0 aromatic rings. The van der Waals surface area contributed by atoms with E-state index in [0.717, 1.165) is 0 Å². The molecule has 2 rings (SSSR count). The van der Waals surface area contributed by atoms with Crippen LogP contribution in [0.1, 0.15) is 34.6 Å². The summed E-state index contributed by atoms with van der Waals surface area (Å²) < 4.78 is 12.2. The van der Waals surface area contributed by atoms with E-state index in [1.807, 2.05) is 18.2 Å². The zero-order chi connectivity index (χ0) is 12.9. The molecular weight excluding hydrogens is 213 g/mol. The van der Waals surface area contributed by atoms with Crippen molar-refractivity contribution in [2.24, 2.45) is 5.73 Å². The normalized spacial score (nSPS) is 38.7. The predicted molar refractivity (Wildman–Crippen MR) is 70.7 cm³/mol. The summed E-state index contributed by atoms with van der Waals surface area (Å²) in [4.78, 5) is 0. The third-order valence-corrected chi connectivity index (χ3v) is 4.36. The third-order valence-electron chi connectivity index (χ3n) is 4.36. The third kappa shape index (κ3) is 1.88. The number of hydrogen-bond donors (Lipinski definition) is 1. The highest BCUT2D eigenvalue weighted by Crippen LogP contribution is 2.47. The van der Waals surface area contributed by atoms with Crippen LogP contribution in [0.3, 0.4) is 0 Å². The van der Waals surface area contributed by atoms with Crippen LogP contribution in [0.15, 0.2) is 24.3 Å². The molecule has 0 aromatic carbocycles. The fourth-order valence-corrected chi connectivity index (χ4v) is 2.10. The molecule has 1 fully saturated rings. The molecule has 0 aromatic heterocycles. The van der Waals surface area contributed by atoms with Gasteiger partial charge in [-0.25, -0.2) is 0 Å². The first-order valence-corrected chi connectivity index (χ1v) is 6.16. The molecule has 2 aliphatic rings. The van der Waals surface area contributed by atoms with E-state index in [2.05, 4.69) is 40.7 Å². The van der Waals surface area contributed by atoms with Gasteiger partial charge in [-0.1, -0.05) is 31.2 Å². The van der Waals surface area contributed by atoms with E-state index in [1.54, 1.807) is 0 Å². The average molecular weight is 235 g/mol. The van der Waals surface area contributed by atoms with E-state index in [-0.39, 0.29) is 29.7 Å². The maximum Gasteiger partial charge on any atom is 0.470 e. The molecule has 0 spiro atoms. The smallest absolute Gasteiger partial charge is 0.403 e. The van der Waals surface area contributed by atoms with Crippen molar-refractivity contribution in [1.82, 2.24) is 0 Å². The number of nitrogens with two attached hydrogens (primary N) is 1. The van der Waals surface area contributed by atoms with Crippen molar-refractivity contribution in [2.75, 3.05) is 0 Å². The number of hydrogen-bond acceptors (Lipinski definition) is 3. The highest BCUT2D eigenvalue weighted by Gasteiger charge is 2.58. The number of allylic oxidation sites excluding steroid dienone is 2. The van der Waals surface area contributed by atoms with Gasteiger partial charge in [0, 0.05) is 11.4 Å². The second kappa shape index (κ2) is 3.71. The lowest BCUT2D eigenvalue weighted by atomic mass is 9.53. The van der Waals surface area contributed by atoms with Crippen LogP contribution in [0, 0.1) is 0 Å². The van der Waals surface area contributed by atoms with E-state index in [0.29, 0.717) is 0 Å². The SMILES string of the molecule is CC1(B2OC(C)(C)C(C)(C)O2)C=CC=CC1N. The Labute approximate surface area is 104 Å². The molecule has 17 heavy (non-hydrogen) atoms. The van der Waals surface area contributed by atoms with Crippen molar-refractivity contribution in [2.45, 2.75) is 57.2 Å². The quantitative estimate of drug-likeness (QED) is 0.709. The van der Waals surface area contributed by atoms with Gasteiger partial charge < -0.3 is 15.0 Å². The van der Waals surface area contributed by atoms with Crippen LogP contribution in [-0.4, -0.2) is 24.4 Å². The molecule has 4 heteroatoms. The largest absolute Gasteiger partial charge is 0.470 e. The highest BCUT2D eigenvalue weighted by molar-refractivity contribution is 6.51. The molecule has 2 N–H and O–H groups in total. The van der Waals surface area contributed by atoms with Gasteiger partial charge >= 0.3 is 7.12 Å². The molecule has 1 aliphatic carbocycles. The summed E-state index contributed by atoms with van der Waals surface area (Å²) in [5, 5.41) is -0.306. The maximum atomic E-state index is 6.17. The molecule has 0 saturated carbocycles. The van der Waals surface area contributed by atoms with Crippen LogP contribution in [-0.2, 0) is 9.31 Å². The van der Waals surface area contributed by atoms with Gasteiger partial charge in [0.1, 0.15) is 0 Å². The first-order chi connectivity index (χ1) is 7.69. The van der Waals surface area contributed by atoms with E-state index in [1.165, 1.54) is 0 Å². The van der Waals surface area contributed by atoms with E-state index in [4.69, 9.17) is 15.0 Å². The van der Waals surface area contributed by atoms with E-state index < -0.39 is 0 Å². The fraction of sp³-hybridized carbons (Fsp3) is 0.692. The summed E-state index contributed by atoms with van der Waals surface area (Å²) in [6, 6.07) is -0.0813. The van der Waals surface area contributed by atoms with Crippen molar-refractivity contribution < 1.29 is 9.31 Å².